The van der Waals surface area contributed by atoms with Gasteiger partial charge in [-0.3, -0.25) is 9.59 Å². The number of ether oxygens (including phenoxy) is 1. The van der Waals surface area contributed by atoms with Crippen molar-refractivity contribution in [3.8, 4) is 0 Å². The van der Waals surface area contributed by atoms with E-state index in [4.69, 9.17) is 4.74 Å². The number of Topliss-reactive ketones (excluding diaryl/α,β-unsaturated/α-hetero) is 1. The van der Waals surface area contributed by atoms with Crippen LogP contribution in [0.5, 0.6) is 0 Å². The molecule has 3 spiro atoms. The zero-order valence-electron chi connectivity index (χ0n) is 18.0. The largest absolute Gasteiger partial charge is 0.390 e. The number of rotatable bonds is 0. The molecule has 156 valence electrons. The highest BCUT2D eigenvalue weighted by atomic mass is 16.5. The number of carbonyl (C=O) groups is 2. The molecule has 0 aromatic carbocycles. The topological polar surface area (TPSA) is 63.6 Å². The van der Waals surface area contributed by atoms with E-state index < -0.39 is 22.5 Å². The van der Waals surface area contributed by atoms with Crippen molar-refractivity contribution >= 4 is 11.6 Å². The summed E-state index contributed by atoms with van der Waals surface area (Å²) < 4.78 is 6.65. The molecule has 0 aromatic heterocycles. The summed E-state index contributed by atoms with van der Waals surface area (Å²) in [5, 5.41) is 12.0. The molecule has 4 nitrogen and oxygen atoms in total. The van der Waals surface area contributed by atoms with E-state index in [9.17, 15) is 14.7 Å². The van der Waals surface area contributed by atoms with Gasteiger partial charge in [0.2, 0.25) is 0 Å². The van der Waals surface area contributed by atoms with Crippen LogP contribution in [0.4, 0.5) is 0 Å². The van der Waals surface area contributed by atoms with Crippen LogP contribution >= 0.6 is 0 Å². The lowest BCUT2D eigenvalue weighted by molar-refractivity contribution is -0.380. The first-order chi connectivity index (χ1) is 13.5. The van der Waals surface area contributed by atoms with Gasteiger partial charge in [0, 0.05) is 5.92 Å². The van der Waals surface area contributed by atoms with Gasteiger partial charge in [0.05, 0.1) is 23.5 Å². The summed E-state index contributed by atoms with van der Waals surface area (Å²) in [6.45, 7) is 13.3. The number of hydrogen-bond donors (Lipinski definition) is 1. The predicted molar refractivity (Wildman–Crippen MR) is 108 cm³/mol. The molecule has 4 saturated carbocycles. The first-order valence-corrected chi connectivity index (χ1v) is 11.2. The van der Waals surface area contributed by atoms with Crippen molar-refractivity contribution < 1.29 is 19.4 Å². The van der Waals surface area contributed by atoms with E-state index in [-0.39, 0.29) is 46.1 Å². The van der Waals surface area contributed by atoms with Crippen molar-refractivity contribution in [2.24, 2.45) is 45.3 Å². The summed E-state index contributed by atoms with van der Waals surface area (Å²) in [6.07, 6.45) is 6.25. The molecule has 0 unspecified atom stereocenters. The number of aliphatic hydroxyl groups is 1. The number of fused-ring (bicyclic) bond motifs is 1. The van der Waals surface area contributed by atoms with Crippen molar-refractivity contribution in [1.82, 2.24) is 0 Å². The van der Waals surface area contributed by atoms with Crippen LogP contribution in [-0.4, -0.2) is 35.0 Å². The Morgan fingerprint density at radius 1 is 1.17 bits per heavy atom. The Morgan fingerprint density at radius 3 is 2.62 bits per heavy atom. The lowest BCUT2D eigenvalue weighted by Crippen LogP contribution is -2.85. The molecule has 2 saturated heterocycles. The molecule has 2 aliphatic heterocycles. The van der Waals surface area contributed by atoms with Crippen LogP contribution in [0, 0.1) is 45.3 Å². The van der Waals surface area contributed by atoms with Crippen LogP contribution < -0.4 is 0 Å². The molecule has 0 amide bonds. The Morgan fingerprint density at radius 2 is 1.90 bits per heavy atom. The second-order valence-electron chi connectivity index (χ2n) is 12.3. The van der Waals surface area contributed by atoms with Crippen LogP contribution in [0.3, 0.4) is 0 Å². The molecule has 8 atom stereocenters. The predicted octanol–water partition coefficient (Wildman–Crippen LogP) is 3.49. The maximum absolute atomic E-state index is 14.0. The summed E-state index contributed by atoms with van der Waals surface area (Å²) in [4.78, 5) is 27.6. The Bertz CT molecular complexity index is 912. The quantitative estimate of drug-likeness (QED) is 0.637. The number of ketones is 2. The maximum atomic E-state index is 14.0. The van der Waals surface area contributed by atoms with E-state index in [1.807, 2.05) is 6.08 Å². The lowest BCUT2D eigenvalue weighted by atomic mass is 9.30. The normalized spacial score (nSPS) is 55.6. The highest BCUT2D eigenvalue weighted by Crippen LogP contribution is 2.81. The van der Waals surface area contributed by atoms with Crippen LogP contribution in [0.15, 0.2) is 24.3 Å². The Balaban J connectivity index is 1.71. The van der Waals surface area contributed by atoms with Crippen molar-refractivity contribution in [2.75, 3.05) is 6.61 Å². The summed E-state index contributed by atoms with van der Waals surface area (Å²) in [6, 6.07) is 0. The summed E-state index contributed by atoms with van der Waals surface area (Å²) in [7, 11) is 0. The van der Waals surface area contributed by atoms with E-state index in [0.717, 1.165) is 24.8 Å². The molecule has 1 N–H and O–H groups in total. The molecular weight excluding hydrogens is 364 g/mol. The Hall–Kier alpha value is -1.26. The minimum Gasteiger partial charge on any atom is -0.390 e. The molecule has 29 heavy (non-hydrogen) atoms. The lowest BCUT2D eigenvalue weighted by Gasteiger charge is -2.77. The fourth-order valence-corrected chi connectivity index (χ4v) is 9.65. The van der Waals surface area contributed by atoms with Gasteiger partial charge in [0.25, 0.3) is 0 Å². The van der Waals surface area contributed by atoms with Crippen molar-refractivity contribution in [3.05, 3.63) is 24.3 Å². The number of hydrogen-bond acceptors (Lipinski definition) is 4. The molecule has 6 fully saturated rings. The highest BCUT2D eigenvalue weighted by molar-refractivity contribution is 6.07. The maximum Gasteiger partial charge on any atom is 0.168 e. The third kappa shape index (κ3) is 1.61. The van der Waals surface area contributed by atoms with Crippen LogP contribution in [0.2, 0.25) is 0 Å². The molecule has 2 heterocycles. The second-order valence-corrected chi connectivity index (χ2v) is 12.3. The third-order valence-corrected chi connectivity index (χ3v) is 10.2. The van der Waals surface area contributed by atoms with Gasteiger partial charge in [-0.2, -0.15) is 0 Å². The fraction of sp³-hybridized carbons (Fsp3) is 0.760. The van der Waals surface area contributed by atoms with E-state index >= 15 is 0 Å². The molecule has 5 aliphatic carbocycles. The summed E-state index contributed by atoms with van der Waals surface area (Å²) in [5.41, 5.74) is -2.12. The number of aliphatic hydroxyl groups excluding tert-OH is 1. The minimum atomic E-state index is -0.908. The second kappa shape index (κ2) is 4.80. The van der Waals surface area contributed by atoms with E-state index in [1.54, 1.807) is 6.08 Å². The Labute approximate surface area is 172 Å². The monoisotopic (exact) mass is 396 g/mol. The van der Waals surface area contributed by atoms with Gasteiger partial charge in [-0.15, -0.1) is 0 Å². The van der Waals surface area contributed by atoms with Gasteiger partial charge >= 0.3 is 0 Å². The average Bonchev–Trinajstić information content (AvgIpc) is 2.75. The molecule has 7 aliphatic rings. The van der Waals surface area contributed by atoms with Gasteiger partial charge in [0.1, 0.15) is 5.60 Å². The zero-order chi connectivity index (χ0) is 20.8. The third-order valence-electron chi connectivity index (χ3n) is 10.2. The van der Waals surface area contributed by atoms with Crippen molar-refractivity contribution in [1.29, 1.82) is 0 Å². The van der Waals surface area contributed by atoms with E-state index in [1.165, 1.54) is 0 Å². The summed E-state index contributed by atoms with van der Waals surface area (Å²) >= 11 is 0. The minimum absolute atomic E-state index is 0.0316. The molecule has 4 heteroatoms. The molecular formula is C25H32O4. The fourth-order valence-electron chi connectivity index (χ4n) is 9.65. The summed E-state index contributed by atoms with van der Waals surface area (Å²) in [5.74, 6) is 0.174. The van der Waals surface area contributed by atoms with E-state index in [0.29, 0.717) is 13.0 Å². The first kappa shape index (κ1) is 18.5. The molecule has 7 rings (SSSR count). The molecule has 4 bridgehead atoms. The number of carbonyl (C=O) groups excluding carboxylic acids is 2. The standard InChI is InChI=1S/C25H32O4/c1-13-14-6-7-16-23-12-29-24(20(28)18(23)22(4,5)9-8-17(23)26)11-21(2,3)10-15(14)25(16,24)19(13)27/h8-9,14-16,18,20,28H,1,6-7,10-12H2,2-5H3/t14-,15+,16-,18+,20-,23+,24+,25-/m0/s1. The van der Waals surface area contributed by atoms with Gasteiger partial charge in [-0.25, -0.2) is 0 Å². The smallest absolute Gasteiger partial charge is 0.168 e. The van der Waals surface area contributed by atoms with Crippen molar-refractivity contribution in [2.45, 2.75) is 65.1 Å². The van der Waals surface area contributed by atoms with Crippen LogP contribution in [-0.2, 0) is 14.3 Å². The van der Waals surface area contributed by atoms with Gasteiger partial charge < -0.3 is 9.84 Å². The van der Waals surface area contributed by atoms with Crippen LogP contribution in [0.1, 0.15) is 53.4 Å². The van der Waals surface area contributed by atoms with E-state index in [2.05, 4.69) is 34.3 Å². The Kier molecular flexibility index (Phi) is 3.06. The van der Waals surface area contributed by atoms with Gasteiger partial charge in [-0.1, -0.05) is 40.3 Å². The average molecular weight is 397 g/mol. The first-order valence-electron chi connectivity index (χ1n) is 11.2. The van der Waals surface area contributed by atoms with Gasteiger partial charge in [-0.05, 0) is 65.9 Å². The van der Waals surface area contributed by atoms with Crippen molar-refractivity contribution in [3.63, 3.8) is 0 Å². The SMILES string of the molecule is C=C1C(=O)[C@@]23[C@@H]4CC(C)(C)C[C@]25OC[C@]2(C(=O)C=CC(C)(C)[C@H]2[C@@H]5O)[C@@H]3CC[C@@H]14. The highest BCUT2D eigenvalue weighted by Gasteiger charge is 2.87. The molecule has 0 aromatic rings. The van der Waals surface area contributed by atoms with Gasteiger partial charge in [0.15, 0.2) is 11.6 Å². The zero-order valence-corrected chi connectivity index (χ0v) is 18.0. The molecule has 0 radical (unpaired) electrons. The van der Waals surface area contributed by atoms with Crippen LogP contribution in [0.25, 0.3) is 0 Å². The number of allylic oxidation sites excluding steroid dienone is 3.